The Morgan fingerprint density at radius 1 is 1.13 bits per heavy atom. The molecular weight excluding hydrogens is 283 g/mol. The molecular formula is C8H16O6Zr. The molecule has 0 bridgehead atoms. The molecule has 0 saturated carbocycles. The average molecular weight is 299 g/mol. The third kappa shape index (κ3) is 20.0. The van der Waals surface area contributed by atoms with E-state index in [0.29, 0.717) is 13.2 Å². The maximum atomic E-state index is 10.2. The Morgan fingerprint density at radius 3 is 1.53 bits per heavy atom. The van der Waals surface area contributed by atoms with E-state index in [1.54, 1.807) is 13.8 Å². The minimum Gasteiger partial charge on any atom is -0.481 e. The molecule has 0 aliphatic rings. The number of hydrogen-bond donors (Lipinski definition) is 2. The maximum Gasteiger partial charge on any atom is 0.361 e. The summed E-state index contributed by atoms with van der Waals surface area (Å²) in [4.78, 5) is 19.2. The Bertz CT molecular complexity index is 163. The van der Waals surface area contributed by atoms with Crippen LogP contribution in [0.25, 0.3) is 0 Å². The average Bonchev–Trinajstić information content (AvgIpc) is 2.02. The molecule has 0 fully saturated rings. The van der Waals surface area contributed by atoms with Crippen LogP contribution in [0, 0.1) is 0 Å². The predicted octanol–water partition coefficient (Wildman–Crippen LogP) is 0.558. The standard InChI is InChI=1S/C6H12O4.C2H4O2.Zr/c1-3-9-6(5(7)8)10-4-2;1-2(3)4;/h6H,3-4H2,1-2H3,(H,7,8);1H3,(H,3,4);. The van der Waals surface area contributed by atoms with Gasteiger partial charge < -0.3 is 19.7 Å². The van der Waals surface area contributed by atoms with Gasteiger partial charge in [-0.15, -0.1) is 0 Å². The topological polar surface area (TPSA) is 93.1 Å². The van der Waals surface area contributed by atoms with Crippen molar-refractivity contribution in [2.45, 2.75) is 27.1 Å². The largest absolute Gasteiger partial charge is 0.481 e. The Labute approximate surface area is 108 Å². The smallest absolute Gasteiger partial charge is 0.361 e. The zero-order valence-electron chi connectivity index (χ0n) is 9.02. The van der Waals surface area contributed by atoms with Gasteiger partial charge in [0.2, 0.25) is 0 Å². The molecule has 0 unspecified atom stereocenters. The molecule has 0 aromatic rings. The van der Waals surface area contributed by atoms with Crippen molar-refractivity contribution in [3.8, 4) is 0 Å². The summed E-state index contributed by atoms with van der Waals surface area (Å²) in [5.74, 6) is -1.91. The van der Waals surface area contributed by atoms with E-state index in [1.165, 1.54) is 0 Å². The van der Waals surface area contributed by atoms with E-state index in [0.717, 1.165) is 6.92 Å². The zero-order chi connectivity index (χ0) is 11.6. The van der Waals surface area contributed by atoms with Gasteiger partial charge in [-0.25, -0.2) is 4.79 Å². The number of carbonyl (C=O) groups is 2. The molecule has 7 heteroatoms. The number of carboxylic acid groups (broad SMARTS) is 2. The molecule has 6 nitrogen and oxygen atoms in total. The number of carboxylic acids is 2. The summed E-state index contributed by atoms with van der Waals surface area (Å²) in [7, 11) is 0. The van der Waals surface area contributed by atoms with Gasteiger partial charge in [0, 0.05) is 46.3 Å². The van der Waals surface area contributed by atoms with Gasteiger partial charge in [-0.1, -0.05) is 0 Å². The van der Waals surface area contributed by atoms with Gasteiger partial charge in [0.05, 0.1) is 0 Å². The van der Waals surface area contributed by atoms with Crippen molar-refractivity contribution in [1.82, 2.24) is 0 Å². The van der Waals surface area contributed by atoms with E-state index in [9.17, 15) is 4.79 Å². The van der Waals surface area contributed by atoms with Crippen LogP contribution in [0.3, 0.4) is 0 Å². The summed E-state index contributed by atoms with van der Waals surface area (Å²) in [6.07, 6.45) is -1.10. The van der Waals surface area contributed by atoms with Crippen LogP contribution in [0.2, 0.25) is 0 Å². The van der Waals surface area contributed by atoms with Crippen LogP contribution in [0.5, 0.6) is 0 Å². The summed E-state index contributed by atoms with van der Waals surface area (Å²) >= 11 is 0. The van der Waals surface area contributed by atoms with E-state index in [-0.39, 0.29) is 26.2 Å². The van der Waals surface area contributed by atoms with Crippen molar-refractivity contribution in [2.24, 2.45) is 0 Å². The predicted molar refractivity (Wildman–Crippen MR) is 48.0 cm³/mol. The molecule has 0 radical (unpaired) electrons. The van der Waals surface area contributed by atoms with Crippen LogP contribution < -0.4 is 0 Å². The zero-order valence-corrected chi connectivity index (χ0v) is 11.5. The van der Waals surface area contributed by atoms with Gasteiger partial charge in [0.15, 0.2) is 0 Å². The van der Waals surface area contributed by atoms with E-state index in [1.807, 2.05) is 0 Å². The number of rotatable bonds is 5. The van der Waals surface area contributed by atoms with Gasteiger partial charge in [-0.3, -0.25) is 4.79 Å². The molecule has 15 heavy (non-hydrogen) atoms. The van der Waals surface area contributed by atoms with Crippen molar-refractivity contribution >= 4 is 11.9 Å². The summed E-state index contributed by atoms with van der Waals surface area (Å²) < 4.78 is 9.44. The molecule has 0 aliphatic carbocycles. The first kappa shape index (κ1) is 20.2. The molecule has 0 heterocycles. The molecule has 88 valence electrons. The first-order chi connectivity index (χ1) is 6.45. The Kier molecular flexibility index (Phi) is 18.5. The van der Waals surface area contributed by atoms with Crippen molar-refractivity contribution in [2.75, 3.05) is 13.2 Å². The fourth-order valence-electron chi connectivity index (χ4n) is 0.493. The fraction of sp³-hybridized carbons (Fsp3) is 0.750. The van der Waals surface area contributed by atoms with Crippen molar-refractivity contribution in [3.63, 3.8) is 0 Å². The molecule has 0 atom stereocenters. The summed E-state index contributed by atoms with van der Waals surface area (Å²) in [5.41, 5.74) is 0. The van der Waals surface area contributed by atoms with Crippen LogP contribution in [0.15, 0.2) is 0 Å². The number of ether oxygens (including phenoxy) is 2. The van der Waals surface area contributed by atoms with Crippen LogP contribution in [-0.4, -0.2) is 41.7 Å². The summed E-state index contributed by atoms with van der Waals surface area (Å²) in [6, 6.07) is 0. The van der Waals surface area contributed by atoms with Crippen LogP contribution in [0.4, 0.5) is 0 Å². The van der Waals surface area contributed by atoms with E-state index in [4.69, 9.17) is 24.5 Å². The van der Waals surface area contributed by atoms with E-state index in [2.05, 4.69) is 0 Å². The normalized spacial score (nSPS) is 8.53. The first-order valence-electron chi connectivity index (χ1n) is 4.11. The molecule has 2 N–H and O–H groups in total. The third-order valence-electron chi connectivity index (χ3n) is 0.838. The van der Waals surface area contributed by atoms with Crippen LogP contribution in [0.1, 0.15) is 20.8 Å². The Balaban J connectivity index is -0.000000249. The number of aliphatic carboxylic acids is 2. The fourth-order valence-corrected chi connectivity index (χ4v) is 0.493. The first-order valence-corrected chi connectivity index (χ1v) is 4.11. The Morgan fingerprint density at radius 2 is 1.40 bits per heavy atom. The van der Waals surface area contributed by atoms with Gasteiger partial charge in [0.1, 0.15) is 0 Å². The van der Waals surface area contributed by atoms with E-state index >= 15 is 0 Å². The van der Waals surface area contributed by atoms with E-state index < -0.39 is 18.2 Å². The second-order valence-corrected chi connectivity index (χ2v) is 2.10. The second kappa shape index (κ2) is 13.7. The Hall–Kier alpha value is -0.257. The van der Waals surface area contributed by atoms with Gasteiger partial charge in [-0.2, -0.15) is 0 Å². The quantitative estimate of drug-likeness (QED) is 0.721. The van der Waals surface area contributed by atoms with Gasteiger partial charge >= 0.3 is 5.97 Å². The van der Waals surface area contributed by atoms with Gasteiger partial charge in [0.25, 0.3) is 12.3 Å². The molecule has 0 aliphatic heterocycles. The minimum atomic E-state index is -1.10. The van der Waals surface area contributed by atoms with Crippen LogP contribution >= 0.6 is 0 Å². The summed E-state index contributed by atoms with van der Waals surface area (Å²) in [6.45, 7) is 5.21. The maximum absolute atomic E-state index is 10.2. The SMILES string of the molecule is CC(=O)O.CCOC(OCC)C(=O)O.[Zr]. The molecule has 0 spiro atoms. The third-order valence-corrected chi connectivity index (χ3v) is 0.838. The van der Waals surface area contributed by atoms with Crippen molar-refractivity contribution in [1.29, 1.82) is 0 Å². The molecule has 0 aromatic carbocycles. The molecule has 0 saturated heterocycles. The molecule has 0 rings (SSSR count). The molecule has 0 amide bonds. The minimum absolute atomic E-state index is 0. The monoisotopic (exact) mass is 298 g/mol. The molecule has 0 aromatic heterocycles. The van der Waals surface area contributed by atoms with Crippen molar-refractivity contribution in [3.05, 3.63) is 0 Å². The van der Waals surface area contributed by atoms with Gasteiger partial charge in [-0.05, 0) is 13.8 Å². The summed E-state index contributed by atoms with van der Waals surface area (Å²) in [5, 5.41) is 15.8. The van der Waals surface area contributed by atoms with Crippen molar-refractivity contribution < 1.29 is 55.5 Å². The van der Waals surface area contributed by atoms with Crippen LogP contribution in [-0.2, 0) is 45.3 Å². The number of hydrogen-bond acceptors (Lipinski definition) is 4. The second-order valence-electron chi connectivity index (χ2n) is 2.10.